The van der Waals surface area contributed by atoms with Crippen LogP contribution >= 0.6 is 0 Å². The topological polar surface area (TPSA) is 70.1 Å². The predicted molar refractivity (Wildman–Crippen MR) is 119 cm³/mol. The molecule has 6 nitrogen and oxygen atoms in total. The minimum atomic E-state index is -3.81. The van der Waals surface area contributed by atoms with Gasteiger partial charge < -0.3 is 14.7 Å². The standard InChI is InChI=1S/C23H32N2O4S/c1-16-6-8-19(9-7-16)20-10-11-23-21(12-20)29-22(14-24(4)5)17(2)13-25(18(3)15-26)30(23,27)28/h6-12,17-18,22,26H,13-15H2,1-5H3/t17-,18+,22-/m1/s1. The molecule has 0 radical (unpaired) electrons. The SMILES string of the molecule is Cc1ccc(-c2ccc3c(c2)O[C@H](CN(C)C)[C@H](C)CN([C@@H](C)CO)S3(=O)=O)cc1. The molecule has 30 heavy (non-hydrogen) atoms. The summed E-state index contributed by atoms with van der Waals surface area (Å²) in [6.07, 6.45) is -0.184. The molecule has 3 rings (SSSR count). The molecule has 2 aromatic carbocycles. The van der Waals surface area contributed by atoms with Gasteiger partial charge in [-0.05, 0) is 51.2 Å². The highest BCUT2D eigenvalue weighted by Crippen LogP contribution is 2.36. The maximum atomic E-state index is 13.5. The Balaban J connectivity index is 2.14. The summed E-state index contributed by atoms with van der Waals surface area (Å²) in [5.41, 5.74) is 3.07. The van der Waals surface area contributed by atoms with Gasteiger partial charge in [-0.3, -0.25) is 0 Å². The second-order valence-electron chi connectivity index (χ2n) is 8.53. The van der Waals surface area contributed by atoms with Crippen LogP contribution in [0, 0.1) is 12.8 Å². The van der Waals surface area contributed by atoms with E-state index >= 15 is 0 Å². The monoisotopic (exact) mass is 432 g/mol. The molecule has 0 spiro atoms. The normalized spacial score (nSPS) is 22.6. The Kier molecular flexibility index (Phi) is 6.87. The molecular formula is C23H32N2O4S. The quantitative estimate of drug-likeness (QED) is 0.787. The van der Waals surface area contributed by atoms with Crippen molar-refractivity contribution in [3.63, 3.8) is 0 Å². The van der Waals surface area contributed by atoms with Crippen LogP contribution in [-0.2, 0) is 10.0 Å². The van der Waals surface area contributed by atoms with Crippen molar-refractivity contribution in [1.82, 2.24) is 9.21 Å². The highest BCUT2D eigenvalue weighted by Gasteiger charge is 2.37. The van der Waals surface area contributed by atoms with Crippen molar-refractivity contribution in [2.24, 2.45) is 5.92 Å². The second-order valence-corrected chi connectivity index (χ2v) is 10.4. The van der Waals surface area contributed by atoms with Crippen LogP contribution in [0.1, 0.15) is 19.4 Å². The van der Waals surface area contributed by atoms with E-state index in [9.17, 15) is 13.5 Å². The smallest absolute Gasteiger partial charge is 0.247 e. The van der Waals surface area contributed by atoms with Crippen molar-refractivity contribution in [3.05, 3.63) is 48.0 Å². The van der Waals surface area contributed by atoms with Crippen molar-refractivity contribution in [2.75, 3.05) is 33.8 Å². The lowest BCUT2D eigenvalue weighted by Gasteiger charge is -2.37. The van der Waals surface area contributed by atoms with E-state index in [2.05, 4.69) is 0 Å². The zero-order valence-electron chi connectivity index (χ0n) is 18.4. The van der Waals surface area contributed by atoms with E-state index in [-0.39, 0.29) is 23.5 Å². The first-order chi connectivity index (χ1) is 14.1. The maximum Gasteiger partial charge on any atom is 0.247 e. The van der Waals surface area contributed by atoms with Gasteiger partial charge in [-0.1, -0.05) is 42.8 Å². The molecule has 1 heterocycles. The molecule has 1 N–H and O–H groups in total. The zero-order valence-corrected chi connectivity index (χ0v) is 19.2. The Bertz CT molecular complexity index is 973. The average Bonchev–Trinajstić information content (AvgIpc) is 2.70. The first-order valence-corrected chi connectivity index (χ1v) is 11.7. The van der Waals surface area contributed by atoms with Gasteiger partial charge in [0.1, 0.15) is 16.7 Å². The number of nitrogens with zero attached hydrogens (tertiary/aromatic N) is 2. The summed E-state index contributed by atoms with van der Waals surface area (Å²) < 4.78 is 34.7. The number of rotatable bonds is 5. The van der Waals surface area contributed by atoms with E-state index in [4.69, 9.17) is 4.74 Å². The van der Waals surface area contributed by atoms with Gasteiger partial charge in [-0.15, -0.1) is 0 Å². The van der Waals surface area contributed by atoms with E-state index in [0.717, 1.165) is 16.7 Å². The van der Waals surface area contributed by atoms with Crippen molar-refractivity contribution in [3.8, 4) is 16.9 Å². The van der Waals surface area contributed by atoms with E-state index in [0.29, 0.717) is 18.8 Å². The molecule has 0 bridgehead atoms. The molecule has 2 aromatic rings. The van der Waals surface area contributed by atoms with E-state index < -0.39 is 16.1 Å². The fourth-order valence-electron chi connectivity index (χ4n) is 3.73. The van der Waals surface area contributed by atoms with Crippen molar-refractivity contribution >= 4 is 10.0 Å². The molecule has 0 unspecified atom stereocenters. The summed E-state index contributed by atoms with van der Waals surface area (Å²) in [7, 11) is 0.141. The average molecular weight is 433 g/mol. The Morgan fingerprint density at radius 2 is 1.80 bits per heavy atom. The van der Waals surface area contributed by atoms with Crippen molar-refractivity contribution in [2.45, 2.75) is 37.8 Å². The number of fused-ring (bicyclic) bond motifs is 1. The number of likely N-dealkylation sites (N-methyl/N-ethyl adjacent to an activating group) is 1. The van der Waals surface area contributed by atoms with Crippen LogP contribution in [0.3, 0.4) is 0 Å². The third-order valence-corrected chi connectivity index (χ3v) is 7.62. The van der Waals surface area contributed by atoms with Crippen LogP contribution in [-0.4, -0.2) is 68.7 Å². The van der Waals surface area contributed by atoms with Gasteiger partial charge in [0, 0.05) is 25.0 Å². The number of sulfonamides is 1. The van der Waals surface area contributed by atoms with Crippen LogP contribution in [0.4, 0.5) is 0 Å². The van der Waals surface area contributed by atoms with Gasteiger partial charge in [0.05, 0.1) is 6.61 Å². The number of hydrogen-bond acceptors (Lipinski definition) is 5. The molecule has 7 heteroatoms. The van der Waals surface area contributed by atoms with Crippen LogP contribution < -0.4 is 4.74 Å². The highest BCUT2D eigenvalue weighted by atomic mass is 32.2. The summed E-state index contributed by atoms with van der Waals surface area (Å²) in [6.45, 7) is 6.48. The molecule has 0 fully saturated rings. The largest absolute Gasteiger partial charge is 0.487 e. The molecule has 0 aliphatic carbocycles. The number of ether oxygens (including phenoxy) is 1. The molecule has 0 saturated carbocycles. The van der Waals surface area contributed by atoms with Crippen LogP contribution in [0.2, 0.25) is 0 Å². The fraction of sp³-hybridized carbons (Fsp3) is 0.478. The van der Waals surface area contributed by atoms with E-state index in [1.807, 2.05) is 69.2 Å². The summed E-state index contributed by atoms with van der Waals surface area (Å²) in [5.74, 6) is 0.314. The lowest BCUT2D eigenvalue weighted by Crippen LogP contribution is -2.49. The Hall–Kier alpha value is -1.93. The van der Waals surface area contributed by atoms with Gasteiger partial charge in [0.15, 0.2) is 0 Å². The Morgan fingerprint density at radius 1 is 1.17 bits per heavy atom. The molecule has 1 aliphatic heterocycles. The third kappa shape index (κ3) is 4.70. The summed E-state index contributed by atoms with van der Waals surface area (Å²) in [6, 6.07) is 12.9. The Labute approximate surface area is 180 Å². The lowest BCUT2D eigenvalue weighted by atomic mass is 10.0. The summed E-state index contributed by atoms with van der Waals surface area (Å²) >= 11 is 0. The predicted octanol–water partition coefficient (Wildman–Crippen LogP) is 2.99. The summed E-state index contributed by atoms with van der Waals surface area (Å²) in [4.78, 5) is 2.19. The molecule has 1 aliphatic rings. The molecule has 0 aromatic heterocycles. The summed E-state index contributed by atoms with van der Waals surface area (Å²) in [5, 5.41) is 9.70. The fourth-order valence-corrected chi connectivity index (χ4v) is 5.55. The third-order valence-electron chi connectivity index (χ3n) is 5.60. The molecule has 0 amide bonds. The lowest BCUT2D eigenvalue weighted by molar-refractivity contribution is 0.0813. The zero-order chi connectivity index (χ0) is 22.1. The highest BCUT2D eigenvalue weighted by molar-refractivity contribution is 7.89. The van der Waals surface area contributed by atoms with Gasteiger partial charge in [-0.2, -0.15) is 4.31 Å². The Morgan fingerprint density at radius 3 is 2.40 bits per heavy atom. The molecule has 3 atom stereocenters. The molecule has 164 valence electrons. The van der Waals surface area contributed by atoms with Gasteiger partial charge in [0.25, 0.3) is 0 Å². The number of aliphatic hydroxyl groups excluding tert-OH is 1. The minimum absolute atomic E-state index is 0.0487. The van der Waals surface area contributed by atoms with Crippen LogP contribution in [0.25, 0.3) is 11.1 Å². The van der Waals surface area contributed by atoms with Crippen LogP contribution in [0.15, 0.2) is 47.4 Å². The van der Waals surface area contributed by atoms with Gasteiger partial charge in [-0.25, -0.2) is 8.42 Å². The number of benzene rings is 2. The second kappa shape index (κ2) is 9.06. The van der Waals surface area contributed by atoms with Gasteiger partial charge >= 0.3 is 0 Å². The number of aryl methyl sites for hydroxylation is 1. The van der Waals surface area contributed by atoms with E-state index in [1.165, 1.54) is 4.31 Å². The maximum absolute atomic E-state index is 13.5. The first kappa shape index (κ1) is 22.7. The molecular weight excluding hydrogens is 400 g/mol. The number of hydrogen-bond donors (Lipinski definition) is 1. The van der Waals surface area contributed by atoms with Crippen molar-refractivity contribution < 1.29 is 18.3 Å². The van der Waals surface area contributed by atoms with Crippen molar-refractivity contribution in [1.29, 1.82) is 0 Å². The minimum Gasteiger partial charge on any atom is -0.487 e. The van der Waals surface area contributed by atoms with E-state index in [1.54, 1.807) is 13.0 Å². The molecule has 0 saturated heterocycles. The van der Waals surface area contributed by atoms with Gasteiger partial charge in [0.2, 0.25) is 10.0 Å². The van der Waals surface area contributed by atoms with Crippen LogP contribution in [0.5, 0.6) is 5.75 Å². The number of aliphatic hydroxyl groups is 1. The first-order valence-electron chi connectivity index (χ1n) is 10.3.